The van der Waals surface area contributed by atoms with E-state index in [9.17, 15) is 18.0 Å². The normalized spacial score (nSPS) is 11.6. The number of nitrogens with zero attached hydrogens (tertiary/aromatic N) is 2. The maximum absolute atomic E-state index is 13.0. The molecule has 1 aromatic carbocycles. The summed E-state index contributed by atoms with van der Waals surface area (Å²) in [6.07, 6.45) is -0.659. The van der Waals surface area contributed by atoms with Crippen LogP contribution in [0.2, 0.25) is 0 Å². The molecule has 0 saturated heterocycles. The highest BCUT2D eigenvalue weighted by Gasteiger charge is 2.30. The lowest BCUT2D eigenvalue weighted by Gasteiger charge is -2.23. The first-order valence-corrected chi connectivity index (χ1v) is 10.4. The summed E-state index contributed by atoms with van der Waals surface area (Å²) in [4.78, 5) is 15.4. The summed E-state index contributed by atoms with van der Waals surface area (Å²) in [7, 11) is 0. The van der Waals surface area contributed by atoms with Crippen LogP contribution in [0.5, 0.6) is 0 Å². The van der Waals surface area contributed by atoms with Gasteiger partial charge in [0.25, 0.3) is 5.91 Å². The van der Waals surface area contributed by atoms with Gasteiger partial charge in [0, 0.05) is 25.0 Å². The summed E-state index contributed by atoms with van der Waals surface area (Å²) in [5.74, 6) is -0.0136. The number of unbranched alkanes of at least 4 members (excludes halogenated alkanes) is 1. The molecule has 3 rings (SSSR count). The van der Waals surface area contributed by atoms with Gasteiger partial charge in [-0.25, -0.2) is 0 Å². The molecular formula is C22H23F3N2OS. The van der Waals surface area contributed by atoms with Crippen LogP contribution in [0.15, 0.2) is 60.1 Å². The number of carbonyl (C=O) groups is 1. The summed E-state index contributed by atoms with van der Waals surface area (Å²) >= 11 is 1.41. The van der Waals surface area contributed by atoms with Crippen LogP contribution in [-0.2, 0) is 19.3 Å². The molecule has 0 bridgehead atoms. The lowest BCUT2D eigenvalue weighted by atomic mass is 10.1. The highest BCUT2D eigenvalue weighted by Crippen LogP contribution is 2.29. The van der Waals surface area contributed by atoms with Gasteiger partial charge in [0.1, 0.15) is 0 Å². The minimum atomic E-state index is -4.36. The van der Waals surface area contributed by atoms with E-state index < -0.39 is 11.7 Å². The molecule has 0 radical (unpaired) electrons. The highest BCUT2D eigenvalue weighted by atomic mass is 32.1. The smallest absolute Gasteiger partial charge is 0.345 e. The van der Waals surface area contributed by atoms with E-state index in [2.05, 4.69) is 6.92 Å². The van der Waals surface area contributed by atoms with E-state index in [4.69, 9.17) is 0 Å². The van der Waals surface area contributed by atoms with Crippen molar-refractivity contribution in [3.8, 4) is 0 Å². The molecule has 154 valence electrons. The minimum absolute atomic E-state index is 0.0136. The molecule has 0 unspecified atom stereocenters. The fourth-order valence-corrected chi connectivity index (χ4v) is 3.83. The van der Waals surface area contributed by atoms with Gasteiger partial charge in [-0.05, 0) is 47.7 Å². The number of amides is 1. The summed E-state index contributed by atoms with van der Waals surface area (Å²) < 4.78 is 40.9. The van der Waals surface area contributed by atoms with Crippen LogP contribution in [0.3, 0.4) is 0 Å². The van der Waals surface area contributed by atoms with Crippen molar-refractivity contribution in [2.75, 3.05) is 6.54 Å². The Balaban J connectivity index is 1.78. The highest BCUT2D eigenvalue weighted by molar-refractivity contribution is 7.12. The van der Waals surface area contributed by atoms with Crippen LogP contribution < -0.4 is 0 Å². The summed E-state index contributed by atoms with van der Waals surface area (Å²) in [5.41, 5.74) is 0.812. The molecule has 0 N–H and O–H groups in total. The van der Waals surface area contributed by atoms with Crippen LogP contribution >= 0.6 is 11.3 Å². The number of halogens is 3. The second kappa shape index (κ2) is 9.31. The number of thiophene rings is 1. The maximum atomic E-state index is 13.0. The topological polar surface area (TPSA) is 25.2 Å². The van der Waals surface area contributed by atoms with E-state index in [1.54, 1.807) is 6.07 Å². The Bertz CT molecular complexity index is 932. The minimum Gasteiger partial charge on any atom is -0.345 e. The van der Waals surface area contributed by atoms with Gasteiger partial charge in [-0.15, -0.1) is 11.3 Å². The van der Waals surface area contributed by atoms with E-state index >= 15 is 0 Å². The van der Waals surface area contributed by atoms with E-state index in [1.807, 2.05) is 45.3 Å². The first-order chi connectivity index (χ1) is 13.9. The fourth-order valence-electron chi connectivity index (χ4n) is 3.14. The van der Waals surface area contributed by atoms with Crippen molar-refractivity contribution in [2.24, 2.45) is 0 Å². The molecule has 7 heteroatoms. The van der Waals surface area contributed by atoms with Gasteiger partial charge in [0.15, 0.2) is 0 Å². The van der Waals surface area contributed by atoms with Crippen LogP contribution in [0.25, 0.3) is 0 Å². The lowest BCUT2D eigenvalue weighted by molar-refractivity contribution is -0.137. The molecule has 0 spiro atoms. The summed E-state index contributed by atoms with van der Waals surface area (Å²) in [6.45, 7) is 3.45. The largest absolute Gasteiger partial charge is 0.416 e. The number of carbonyl (C=O) groups excluding carboxylic acids is 1. The van der Waals surface area contributed by atoms with E-state index in [-0.39, 0.29) is 5.91 Å². The van der Waals surface area contributed by atoms with Crippen molar-refractivity contribution in [3.05, 3.63) is 81.8 Å². The van der Waals surface area contributed by atoms with E-state index in [1.165, 1.54) is 23.5 Å². The number of hydrogen-bond acceptors (Lipinski definition) is 2. The molecule has 3 aromatic rings. The maximum Gasteiger partial charge on any atom is 0.416 e. The first-order valence-electron chi connectivity index (χ1n) is 9.51. The van der Waals surface area contributed by atoms with Gasteiger partial charge in [0.05, 0.1) is 17.0 Å². The molecule has 3 nitrogen and oxygen atoms in total. The monoisotopic (exact) mass is 420 g/mol. The van der Waals surface area contributed by atoms with Crippen LogP contribution in [0.1, 0.15) is 46.3 Å². The van der Waals surface area contributed by atoms with Crippen molar-refractivity contribution in [3.63, 3.8) is 0 Å². The first kappa shape index (κ1) is 21.2. The third-order valence-corrected chi connectivity index (χ3v) is 5.54. The van der Waals surface area contributed by atoms with Crippen LogP contribution in [0, 0.1) is 0 Å². The Morgan fingerprint density at radius 2 is 1.97 bits per heavy atom. The molecule has 0 saturated carbocycles. The molecule has 0 atom stereocenters. The second-order valence-corrected chi connectivity index (χ2v) is 7.83. The number of benzene rings is 1. The molecule has 1 amide bonds. The average molecular weight is 421 g/mol. The van der Waals surface area contributed by atoms with Crippen molar-refractivity contribution >= 4 is 17.2 Å². The molecule has 2 heterocycles. The predicted molar refractivity (Wildman–Crippen MR) is 109 cm³/mol. The SMILES string of the molecule is CCCCN(Cc1cccn1Cc1cccc(C(F)(F)F)c1)C(=O)c1cccs1. The zero-order valence-corrected chi connectivity index (χ0v) is 17.0. The van der Waals surface area contributed by atoms with Crippen LogP contribution in [0.4, 0.5) is 13.2 Å². The second-order valence-electron chi connectivity index (χ2n) is 6.88. The Labute approximate surface area is 172 Å². The molecule has 29 heavy (non-hydrogen) atoms. The van der Waals surface area contributed by atoms with Crippen molar-refractivity contribution in [1.29, 1.82) is 0 Å². The molecule has 2 aromatic heterocycles. The Morgan fingerprint density at radius 3 is 2.66 bits per heavy atom. The van der Waals surface area contributed by atoms with Gasteiger partial charge in [-0.3, -0.25) is 4.79 Å². The molecule has 0 aliphatic heterocycles. The Hall–Kier alpha value is -2.54. The summed E-state index contributed by atoms with van der Waals surface area (Å²) in [6, 6.07) is 12.8. The quantitative estimate of drug-likeness (QED) is 0.435. The van der Waals surface area contributed by atoms with Crippen molar-refractivity contribution in [2.45, 2.75) is 39.0 Å². The molecule has 0 aliphatic rings. The lowest BCUT2D eigenvalue weighted by Crippen LogP contribution is -2.31. The molecular weight excluding hydrogens is 397 g/mol. The van der Waals surface area contributed by atoms with Crippen molar-refractivity contribution in [1.82, 2.24) is 9.47 Å². The van der Waals surface area contributed by atoms with Crippen molar-refractivity contribution < 1.29 is 18.0 Å². The van der Waals surface area contributed by atoms with Gasteiger partial charge >= 0.3 is 6.18 Å². The van der Waals surface area contributed by atoms with Gasteiger partial charge in [0.2, 0.25) is 0 Å². The zero-order chi connectivity index (χ0) is 20.9. The van der Waals surface area contributed by atoms with Crippen LogP contribution in [-0.4, -0.2) is 21.9 Å². The van der Waals surface area contributed by atoms with E-state index in [0.717, 1.165) is 24.6 Å². The number of alkyl halides is 3. The van der Waals surface area contributed by atoms with E-state index in [0.29, 0.717) is 30.1 Å². The summed E-state index contributed by atoms with van der Waals surface area (Å²) in [5, 5.41) is 1.88. The fraction of sp³-hybridized carbons (Fsp3) is 0.318. The number of aromatic nitrogens is 1. The van der Waals surface area contributed by atoms with Gasteiger partial charge in [-0.2, -0.15) is 13.2 Å². The zero-order valence-electron chi connectivity index (χ0n) is 16.2. The standard InChI is InChI=1S/C22H23F3N2OS/c1-2-3-11-27(21(28)20-10-6-13-29-20)16-19-9-5-12-26(19)15-17-7-4-8-18(14-17)22(23,24)25/h4-10,12-14H,2-3,11,15-16H2,1H3. The molecule has 0 aliphatic carbocycles. The molecule has 0 fully saturated rings. The van der Waals surface area contributed by atoms with Gasteiger partial charge in [-0.1, -0.05) is 31.5 Å². The third-order valence-electron chi connectivity index (χ3n) is 4.68. The Kier molecular flexibility index (Phi) is 6.79. The predicted octanol–water partition coefficient (Wildman–Crippen LogP) is 6.06. The number of hydrogen-bond donors (Lipinski definition) is 0. The van der Waals surface area contributed by atoms with Gasteiger partial charge < -0.3 is 9.47 Å². The average Bonchev–Trinajstić information content (AvgIpc) is 3.36. The Morgan fingerprint density at radius 1 is 1.14 bits per heavy atom. The number of rotatable bonds is 8. The third kappa shape index (κ3) is 5.50.